The molecular weight excluding hydrogens is 396 g/mol. The number of nitro groups is 1. The first-order valence-electron chi connectivity index (χ1n) is 9.29. The van der Waals surface area contributed by atoms with E-state index in [1.165, 1.54) is 6.33 Å². The third-order valence-corrected chi connectivity index (χ3v) is 4.34. The van der Waals surface area contributed by atoms with Gasteiger partial charge in [0.15, 0.2) is 0 Å². The standard InChI is InChI=1S/C21H18N8O2/c1-13-25-17(14-6-3-2-4-7-14)11-18(26-13)27-15-8-5-9-16(10-15)28-21-19(29(30)31)20(22)23-12-24-21/h2-12H,1H3,(H,25,26,27)(H3,22,23,24,28). The molecule has 0 bridgehead atoms. The number of nitrogens with zero attached hydrogens (tertiary/aromatic N) is 5. The van der Waals surface area contributed by atoms with Crippen LogP contribution in [0.3, 0.4) is 0 Å². The predicted octanol–water partition coefficient (Wildman–Crippen LogP) is 4.22. The molecule has 4 aromatic rings. The van der Waals surface area contributed by atoms with Gasteiger partial charge in [-0.15, -0.1) is 0 Å². The number of anilines is 5. The zero-order chi connectivity index (χ0) is 21.8. The Morgan fingerprint density at radius 3 is 2.42 bits per heavy atom. The molecule has 0 amide bonds. The van der Waals surface area contributed by atoms with Crippen LogP contribution in [0, 0.1) is 17.0 Å². The van der Waals surface area contributed by atoms with E-state index in [1.54, 1.807) is 18.2 Å². The molecule has 0 aliphatic carbocycles. The maximum absolute atomic E-state index is 11.3. The second-order valence-corrected chi connectivity index (χ2v) is 6.60. The molecule has 2 heterocycles. The van der Waals surface area contributed by atoms with Crippen molar-refractivity contribution in [3.63, 3.8) is 0 Å². The van der Waals surface area contributed by atoms with Crippen LogP contribution in [0.5, 0.6) is 0 Å². The van der Waals surface area contributed by atoms with E-state index in [0.717, 1.165) is 16.9 Å². The Morgan fingerprint density at radius 1 is 0.935 bits per heavy atom. The molecule has 0 aliphatic rings. The summed E-state index contributed by atoms with van der Waals surface area (Å²) in [6, 6.07) is 18.9. The highest BCUT2D eigenvalue weighted by Crippen LogP contribution is 2.30. The van der Waals surface area contributed by atoms with Gasteiger partial charge in [-0.2, -0.15) is 0 Å². The predicted molar refractivity (Wildman–Crippen MR) is 118 cm³/mol. The Balaban J connectivity index is 1.60. The molecular formula is C21H18N8O2. The fourth-order valence-electron chi connectivity index (χ4n) is 3.01. The number of rotatable bonds is 6. The Labute approximate surface area is 177 Å². The molecule has 0 saturated heterocycles. The number of nitrogens with one attached hydrogen (secondary N) is 2. The van der Waals surface area contributed by atoms with Gasteiger partial charge in [-0.1, -0.05) is 36.4 Å². The molecule has 31 heavy (non-hydrogen) atoms. The van der Waals surface area contributed by atoms with E-state index in [-0.39, 0.29) is 17.3 Å². The molecule has 0 spiro atoms. The molecule has 10 heteroatoms. The Morgan fingerprint density at radius 2 is 1.68 bits per heavy atom. The fraction of sp³-hybridized carbons (Fsp3) is 0.0476. The van der Waals surface area contributed by atoms with Gasteiger partial charge < -0.3 is 16.4 Å². The van der Waals surface area contributed by atoms with E-state index < -0.39 is 4.92 Å². The minimum atomic E-state index is -0.617. The quantitative estimate of drug-likeness (QED) is 0.312. The SMILES string of the molecule is Cc1nc(Nc2cccc(Nc3ncnc(N)c3[N+](=O)[O-])c2)cc(-c2ccccc2)n1. The van der Waals surface area contributed by atoms with Crippen molar-refractivity contribution in [3.05, 3.63) is 82.9 Å². The van der Waals surface area contributed by atoms with Crippen LogP contribution in [-0.2, 0) is 0 Å². The Hall–Kier alpha value is -4.60. The average molecular weight is 414 g/mol. The minimum Gasteiger partial charge on any atom is -0.378 e. The van der Waals surface area contributed by atoms with Crippen LogP contribution in [-0.4, -0.2) is 24.9 Å². The molecule has 0 saturated carbocycles. The van der Waals surface area contributed by atoms with Crippen LogP contribution < -0.4 is 16.4 Å². The summed E-state index contributed by atoms with van der Waals surface area (Å²) in [6.07, 6.45) is 1.17. The van der Waals surface area contributed by atoms with Gasteiger partial charge in [-0.3, -0.25) is 10.1 Å². The van der Waals surface area contributed by atoms with Gasteiger partial charge in [-0.05, 0) is 25.1 Å². The smallest absolute Gasteiger partial charge is 0.353 e. The van der Waals surface area contributed by atoms with E-state index in [2.05, 4.69) is 30.6 Å². The van der Waals surface area contributed by atoms with Crippen molar-refractivity contribution in [1.82, 2.24) is 19.9 Å². The number of benzene rings is 2. The van der Waals surface area contributed by atoms with E-state index in [0.29, 0.717) is 17.3 Å². The topological polar surface area (TPSA) is 145 Å². The second kappa shape index (κ2) is 8.41. The largest absolute Gasteiger partial charge is 0.378 e. The van der Waals surface area contributed by atoms with E-state index in [4.69, 9.17) is 5.73 Å². The number of nitrogens with two attached hydrogens (primary N) is 1. The lowest BCUT2D eigenvalue weighted by Gasteiger charge is -2.11. The van der Waals surface area contributed by atoms with Crippen LogP contribution in [0.2, 0.25) is 0 Å². The van der Waals surface area contributed by atoms with Crippen LogP contribution in [0.25, 0.3) is 11.3 Å². The van der Waals surface area contributed by atoms with Crippen LogP contribution in [0.4, 0.5) is 34.5 Å². The number of aromatic nitrogens is 4. The summed E-state index contributed by atoms with van der Waals surface area (Å²) in [5.41, 5.74) is 8.35. The van der Waals surface area contributed by atoms with Crippen molar-refractivity contribution < 1.29 is 4.92 Å². The van der Waals surface area contributed by atoms with Gasteiger partial charge in [0.2, 0.25) is 11.6 Å². The Kier molecular flexibility index (Phi) is 5.35. The van der Waals surface area contributed by atoms with Gasteiger partial charge in [0.05, 0.1) is 10.6 Å². The first-order chi connectivity index (χ1) is 15.0. The lowest BCUT2D eigenvalue weighted by atomic mass is 10.1. The lowest BCUT2D eigenvalue weighted by molar-refractivity contribution is -0.383. The van der Waals surface area contributed by atoms with Gasteiger partial charge >= 0.3 is 5.69 Å². The van der Waals surface area contributed by atoms with E-state index >= 15 is 0 Å². The first-order valence-corrected chi connectivity index (χ1v) is 9.29. The molecule has 4 rings (SSSR count). The van der Waals surface area contributed by atoms with Crippen molar-refractivity contribution in [2.75, 3.05) is 16.4 Å². The molecule has 2 aromatic heterocycles. The molecule has 0 fully saturated rings. The number of aryl methyl sites for hydroxylation is 1. The van der Waals surface area contributed by atoms with Crippen molar-refractivity contribution in [2.24, 2.45) is 0 Å². The molecule has 0 unspecified atom stereocenters. The Bertz CT molecular complexity index is 1250. The van der Waals surface area contributed by atoms with Crippen molar-refractivity contribution in [3.8, 4) is 11.3 Å². The van der Waals surface area contributed by atoms with E-state index in [9.17, 15) is 10.1 Å². The highest BCUT2D eigenvalue weighted by atomic mass is 16.6. The molecule has 2 aromatic carbocycles. The van der Waals surface area contributed by atoms with Crippen molar-refractivity contribution in [2.45, 2.75) is 6.92 Å². The highest BCUT2D eigenvalue weighted by molar-refractivity contribution is 5.74. The van der Waals surface area contributed by atoms with Crippen LogP contribution in [0.1, 0.15) is 5.82 Å². The summed E-state index contributed by atoms with van der Waals surface area (Å²) in [6.45, 7) is 1.83. The summed E-state index contributed by atoms with van der Waals surface area (Å²) in [4.78, 5) is 27.3. The number of hydrogen-bond acceptors (Lipinski definition) is 9. The molecule has 154 valence electrons. The molecule has 0 radical (unpaired) electrons. The van der Waals surface area contributed by atoms with Crippen LogP contribution in [0.15, 0.2) is 67.0 Å². The van der Waals surface area contributed by atoms with Gasteiger partial charge in [0.1, 0.15) is 18.0 Å². The molecule has 10 nitrogen and oxygen atoms in total. The third-order valence-electron chi connectivity index (χ3n) is 4.34. The summed E-state index contributed by atoms with van der Waals surface area (Å²) < 4.78 is 0. The lowest BCUT2D eigenvalue weighted by Crippen LogP contribution is -2.05. The fourth-order valence-corrected chi connectivity index (χ4v) is 3.01. The number of nitrogen functional groups attached to an aromatic ring is 1. The molecule has 0 atom stereocenters. The van der Waals surface area contributed by atoms with Crippen molar-refractivity contribution in [1.29, 1.82) is 0 Å². The summed E-state index contributed by atoms with van der Waals surface area (Å²) in [5, 5.41) is 17.5. The van der Waals surface area contributed by atoms with Crippen molar-refractivity contribution >= 4 is 34.5 Å². The second-order valence-electron chi connectivity index (χ2n) is 6.60. The summed E-state index contributed by atoms with van der Waals surface area (Å²) in [5.74, 6) is 1.06. The molecule has 4 N–H and O–H groups in total. The number of hydrogen-bond donors (Lipinski definition) is 3. The van der Waals surface area contributed by atoms with Gasteiger partial charge in [0.25, 0.3) is 0 Å². The van der Waals surface area contributed by atoms with Gasteiger partial charge in [0, 0.05) is 23.0 Å². The normalized spacial score (nSPS) is 10.5. The monoisotopic (exact) mass is 414 g/mol. The highest BCUT2D eigenvalue weighted by Gasteiger charge is 2.21. The van der Waals surface area contributed by atoms with Crippen LogP contribution >= 0.6 is 0 Å². The van der Waals surface area contributed by atoms with Gasteiger partial charge in [-0.25, -0.2) is 19.9 Å². The minimum absolute atomic E-state index is 0.0129. The zero-order valence-corrected chi connectivity index (χ0v) is 16.5. The average Bonchev–Trinajstić information content (AvgIpc) is 2.74. The maximum Gasteiger partial charge on any atom is 0.353 e. The zero-order valence-electron chi connectivity index (χ0n) is 16.5. The summed E-state index contributed by atoms with van der Waals surface area (Å²) in [7, 11) is 0. The third kappa shape index (κ3) is 4.53. The first kappa shape index (κ1) is 19.7. The van der Waals surface area contributed by atoms with E-state index in [1.807, 2.05) is 49.4 Å². The summed E-state index contributed by atoms with van der Waals surface area (Å²) >= 11 is 0. The molecule has 0 aliphatic heterocycles. The maximum atomic E-state index is 11.3.